The highest BCUT2D eigenvalue weighted by molar-refractivity contribution is 5.85. The van der Waals surface area contributed by atoms with Gasteiger partial charge in [0.15, 0.2) is 0 Å². The Kier molecular flexibility index (Phi) is 4.06. The van der Waals surface area contributed by atoms with Crippen LogP contribution in [-0.4, -0.2) is 35.4 Å². The Bertz CT molecular complexity index is 388. The van der Waals surface area contributed by atoms with Gasteiger partial charge in [0.25, 0.3) is 0 Å². The lowest BCUT2D eigenvalue weighted by Crippen LogP contribution is -2.14. The summed E-state index contributed by atoms with van der Waals surface area (Å²) in [5, 5.41) is 8.78. The molecule has 1 fully saturated rings. The molecule has 0 bridgehead atoms. The minimum absolute atomic E-state index is 0.0446. The Morgan fingerprint density at radius 1 is 1.59 bits per heavy atom. The molecule has 2 heterocycles. The molecule has 1 N–H and O–H groups in total. The van der Waals surface area contributed by atoms with Crippen LogP contribution in [-0.2, 0) is 16.1 Å². The Morgan fingerprint density at radius 2 is 2.47 bits per heavy atom. The van der Waals surface area contributed by atoms with E-state index in [1.165, 1.54) is 6.07 Å². The maximum absolute atomic E-state index is 10.7. The zero-order chi connectivity index (χ0) is 12.1. The van der Waals surface area contributed by atoms with Gasteiger partial charge in [-0.2, -0.15) is 0 Å². The summed E-state index contributed by atoms with van der Waals surface area (Å²) in [6.45, 7) is 1.67. The van der Waals surface area contributed by atoms with Crippen LogP contribution in [0.2, 0.25) is 0 Å². The van der Waals surface area contributed by atoms with Gasteiger partial charge in [-0.15, -0.1) is 0 Å². The van der Waals surface area contributed by atoms with E-state index in [1.54, 1.807) is 12.1 Å². The van der Waals surface area contributed by atoms with Crippen LogP contribution in [0, 0.1) is 0 Å². The summed E-state index contributed by atoms with van der Waals surface area (Å²) in [4.78, 5) is 14.7. The summed E-state index contributed by atoms with van der Waals surface area (Å²) in [6, 6.07) is 4.88. The first-order valence-corrected chi connectivity index (χ1v) is 5.64. The van der Waals surface area contributed by atoms with E-state index in [2.05, 4.69) is 4.98 Å². The first kappa shape index (κ1) is 12.0. The van der Waals surface area contributed by atoms with Crippen LogP contribution in [0.25, 0.3) is 0 Å². The average molecular weight is 237 g/mol. The van der Waals surface area contributed by atoms with E-state index in [9.17, 15) is 4.79 Å². The molecule has 0 saturated carbocycles. The summed E-state index contributed by atoms with van der Waals surface area (Å²) < 4.78 is 10.9. The third-order valence-electron chi connectivity index (χ3n) is 2.60. The van der Waals surface area contributed by atoms with Crippen molar-refractivity contribution in [1.29, 1.82) is 0 Å². The lowest BCUT2D eigenvalue weighted by molar-refractivity contribution is 0.00958. The van der Waals surface area contributed by atoms with Gasteiger partial charge in [0.05, 0.1) is 25.0 Å². The van der Waals surface area contributed by atoms with Crippen molar-refractivity contribution >= 4 is 5.97 Å². The average Bonchev–Trinajstić information content (AvgIpc) is 2.82. The number of hydrogen-bond donors (Lipinski definition) is 1. The monoisotopic (exact) mass is 237 g/mol. The van der Waals surface area contributed by atoms with Crippen molar-refractivity contribution in [1.82, 2.24) is 4.98 Å². The van der Waals surface area contributed by atoms with Gasteiger partial charge in [0.2, 0.25) is 0 Å². The number of aromatic carboxylic acids is 1. The van der Waals surface area contributed by atoms with Gasteiger partial charge in [-0.3, -0.25) is 0 Å². The number of ether oxygens (including phenoxy) is 2. The molecule has 92 valence electrons. The van der Waals surface area contributed by atoms with Gasteiger partial charge in [-0.05, 0) is 25.0 Å². The first-order valence-electron chi connectivity index (χ1n) is 5.64. The lowest BCUT2D eigenvalue weighted by atomic mass is 10.2. The molecule has 5 heteroatoms. The molecule has 1 aromatic heterocycles. The normalized spacial score (nSPS) is 19.4. The van der Waals surface area contributed by atoms with Crippen LogP contribution in [0.5, 0.6) is 0 Å². The van der Waals surface area contributed by atoms with Crippen LogP contribution in [0.4, 0.5) is 0 Å². The van der Waals surface area contributed by atoms with Crippen molar-refractivity contribution in [2.45, 2.75) is 25.6 Å². The summed E-state index contributed by atoms with van der Waals surface area (Å²) in [7, 11) is 0. The Morgan fingerprint density at radius 3 is 3.18 bits per heavy atom. The predicted octanol–water partition coefficient (Wildman–Crippen LogP) is 1.48. The number of carboxylic acids is 1. The smallest absolute Gasteiger partial charge is 0.354 e. The molecule has 1 aliphatic rings. The summed E-state index contributed by atoms with van der Waals surface area (Å²) in [5.74, 6) is -1.02. The second kappa shape index (κ2) is 5.75. The fraction of sp³-hybridized carbons (Fsp3) is 0.500. The van der Waals surface area contributed by atoms with Crippen LogP contribution >= 0.6 is 0 Å². The highest BCUT2D eigenvalue weighted by atomic mass is 16.5. The number of pyridine rings is 1. The molecule has 1 saturated heterocycles. The van der Waals surface area contributed by atoms with Crippen LogP contribution in [0.3, 0.4) is 0 Å². The van der Waals surface area contributed by atoms with E-state index in [1.807, 2.05) is 0 Å². The molecule has 1 atom stereocenters. The molecular weight excluding hydrogens is 222 g/mol. The highest BCUT2D eigenvalue weighted by Crippen LogP contribution is 2.12. The largest absolute Gasteiger partial charge is 0.477 e. The SMILES string of the molecule is O=C(O)c1cccc(COCC2CCCO2)n1. The van der Waals surface area contributed by atoms with Gasteiger partial charge in [-0.1, -0.05) is 6.07 Å². The molecule has 0 spiro atoms. The number of hydrogen-bond acceptors (Lipinski definition) is 4. The zero-order valence-electron chi connectivity index (χ0n) is 9.46. The van der Waals surface area contributed by atoms with Crippen molar-refractivity contribution in [3.05, 3.63) is 29.6 Å². The molecule has 2 rings (SSSR count). The number of aromatic nitrogens is 1. The second-order valence-electron chi connectivity index (χ2n) is 3.97. The Balaban J connectivity index is 1.81. The quantitative estimate of drug-likeness (QED) is 0.840. The molecule has 0 aromatic carbocycles. The molecule has 0 aliphatic carbocycles. The van der Waals surface area contributed by atoms with Crippen molar-refractivity contribution in [3.63, 3.8) is 0 Å². The molecular formula is C12H15NO4. The van der Waals surface area contributed by atoms with Crippen molar-refractivity contribution < 1.29 is 19.4 Å². The van der Waals surface area contributed by atoms with E-state index in [-0.39, 0.29) is 11.8 Å². The minimum atomic E-state index is -1.02. The molecule has 1 unspecified atom stereocenters. The summed E-state index contributed by atoms with van der Waals surface area (Å²) >= 11 is 0. The first-order chi connectivity index (χ1) is 8.25. The molecule has 1 aromatic rings. The molecule has 1 aliphatic heterocycles. The van der Waals surface area contributed by atoms with Crippen LogP contribution in [0.15, 0.2) is 18.2 Å². The van der Waals surface area contributed by atoms with Crippen molar-refractivity contribution in [3.8, 4) is 0 Å². The third-order valence-corrected chi connectivity index (χ3v) is 2.60. The zero-order valence-corrected chi connectivity index (χ0v) is 9.46. The maximum Gasteiger partial charge on any atom is 0.354 e. The standard InChI is InChI=1S/C12H15NO4/c14-12(15)11-5-1-3-9(13-11)7-16-8-10-4-2-6-17-10/h1,3,5,10H,2,4,6-8H2,(H,14,15). The number of nitrogens with zero attached hydrogens (tertiary/aromatic N) is 1. The van der Waals surface area contributed by atoms with Gasteiger partial charge in [0, 0.05) is 6.61 Å². The van der Waals surface area contributed by atoms with Crippen molar-refractivity contribution in [2.75, 3.05) is 13.2 Å². The van der Waals surface area contributed by atoms with Crippen LogP contribution < -0.4 is 0 Å². The molecule has 5 nitrogen and oxygen atoms in total. The maximum atomic E-state index is 10.7. The Labute approximate surface area is 99.4 Å². The number of carboxylic acid groups (broad SMARTS) is 1. The number of rotatable bonds is 5. The number of carbonyl (C=O) groups is 1. The lowest BCUT2D eigenvalue weighted by Gasteiger charge is -2.09. The highest BCUT2D eigenvalue weighted by Gasteiger charge is 2.15. The van der Waals surface area contributed by atoms with Gasteiger partial charge >= 0.3 is 5.97 Å². The van der Waals surface area contributed by atoms with Crippen molar-refractivity contribution in [2.24, 2.45) is 0 Å². The third kappa shape index (κ3) is 3.51. The van der Waals surface area contributed by atoms with E-state index in [0.29, 0.717) is 18.9 Å². The Hall–Kier alpha value is -1.46. The van der Waals surface area contributed by atoms with E-state index in [0.717, 1.165) is 19.4 Å². The summed E-state index contributed by atoms with van der Waals surface area (Å²) in [6.07, 6.45) is 2.29. The fourth-order valence-electron chi connectivity index (χ4n) is 1.75. The summed E-state index contributed by atoms with van der Waals surface area (Å²) in [5.41, 5.74) is 0.672. The van der Waals surface area contributed by atoms with Gasteiger partial charge < -0.3 is 14.6 Å². The minimum Gasteiger partial charge on any atom is -0.477 e. The van der Waals surface area contributed by atoms with E-state index < -0.39 is 5.97 Å². The molecule has 0 radical (unpaired) electrons. The second-order valence-corrected chi connectivity index (χ2v) is 3.97. The molecule has 0 amide bonds. The topological polar surface area (TPSA) is 68.7 Å². The fourth-order valence-corrected chi connectivity index (χ4v) is 1.75. The molecule has 17 heavy (non-hydrogen) atoms. The van der Waals surface area contributed by atoms with Gasteiger partial charge in [-0.25, -0.2) is 9.78 Å². The van der Waals surface area contributed by atoms with Crippen LogP contribution in [0.1, 0.15) is 29.0 Å². The van der Waals surface area contributed by atoms with Gasteiger partial charge in [0.1, 0.15) is 5.69 Å². The van der Waals surface area contributed by atoms with E-state index >= 15 is 0 Å². The predicted molar refractivity (Wildman–Crippen MR) is 59.8 cm³/mol. The van der Waals surface area contributed by atoms with E-state index in [4.69, 9.17) is 14.6 Å².